The highest BCUT2D eigenvalue weighted by Gasteiger charge is 2.37. The van der Waals surface area contributed by atoms with Crippen LogP contribution in [-0.2, 0) is 4.79 Å². The van der Waals surface area contributed by atoms with Gasteiger partial charge in [0.2, 0.25) is 5.91 Å². The molecular formula is C17H24Cl2N2O3. The van der Waals surface area contributed by atoms with E-state index < -0.39 is 6.10 Å². The largest absolute Gasteiger partial charge is 0.491 e. The van der Waals surface area contributed by atoms with E-state index >= 15 is 0 Å². The van der Waals surface area contributed by atoms with Crippen LogP contribution < -0.4 is 10.1 Å². The molecule has 24 heavy (non-hydrogen) atoms. The molecule has 0 aliphatic carbocycles. The van der Waals surface area contributed by atoms with Crippen molar-refractivity contribution in [2.75, 3.05) is 19.7 Å². The highest BCUT2D eigenvalue weighted by Crippen LogP contribution is 2.24. The first-order valence-corrected chi connectivity index (χ1v) is 8.63. The van der Waals surface area contributed by atoms with Gasteiger partial charge in [-0.1, -0.05) is 11.6 Å². The summed E-state index contributed by atoms with van der Waals surface area (Å²) in [6.07, 6.45) is 3.00. The molecule has 1 amide bonds. The van der Waals surface area contributed by atoms with E-state index in [4.69, 9.17) is 16.3 Å². The summed E-state index contributed by atoms with van der Waals surface area (Å²) >= 11 is 5.84. The normalized spacial score (nSPS) is 24.5. The van der Waals surface area contributed by atoms with Gasteiger partial charge < -0.3 is 20.1 Å². The van der Waals surface area contributed by atoms with Gasteiger partial charge >= 0.3 is 0 Å². The molecule has 2 N–H and O–H groups in total. The minimum atomic E-state index is -0.682. The zero-order chi connectivity index (χ0) is 16.2. The first kappa shape index (κ1) is 19.3. The number of halogens is 2. The van der Waals surface area contributed by atoms with Gasteiger partial charge in [-0.3, -0.25) is 4.79 Å². The smallest absolute Gasteiger partial charge is 0.240 e. The second kappa shape index (κ2) is 8.90. The Labute approximate surface area is 153 Å². The summed E-state index contributed by atoms with van der Waals surface area (Å²) in [5.74, 6) is 0.789. The molecule has 0 radical (unpaired) electrons. The topological polar surface area (TPSA) is 61.8 Å². The maximum absolute atomic E-state index is 12.6. The summed E-state index contributed by atoms with van der Waals surface area (Å²) in [4.78, 5) is 14.4. The number of ether oxygens (including phenoxy) is 1. The Morgan fingerprint density at radius 2 is 2.08 bits per heavy atom. The summed E-state index contributed by atoms with van der Waals surface area (Å²) in [7, 11) is 0. The highest BCUT2D eigenvalue weighted by atomic mass is 35.5. The van der Waals surface area contributed by atoms with Crippen LogP contribution in [0.1, 0.15) is 25.7 Å². The van der Waals surface area contributed by atoms with Crippen LogP contribution in [0.5, 0.6) is 5.75 Å². The van der Waals surface area contributed by atoms with Crippen molar-refractivity contribution in [3.05, 3.63) is 29.3 Å². The van der Waals surface area contributed by atoms with E-state index in [0.29, 0.717) is 10.8 Å². The van der Waals surface area contributed by atoms with Crippen LogP contribution in [0.3, 0.4) is 0 Å². The summed E-state index contributed by atoms with van der Waals surface area (Å²) in [5.41, 5.74) is 0. The lowest BCUT2D eigenvalue weighted by Crippen LogP contribution is -2.50. The minimum Gasteiger partial charge on any atom is -0.491 e. The van der Waals surface area contributed by atoms with Crippen molar-refractivity contribution in [3.8, 4) is 5.75 Å². The third-order valence-corrected chi connectivity index (χ3v) is 4.87. The number of benzene rings is 1. The van der Waals surface area contributed by atoms with Gasteiger partial charge in [0, 0.05) is 11.6 Å². The maximum Gasteiger partial charge on any atom is 0.240 e. The number of likely N-dealkylation sites (tertiary alicyclic amines) is 1. The lowest BCUT2D eigenvalue weighted by Gasteiger charge is -2.30. The molecule has 2 aliphatic heterocycles. The van der Waals surface area contributed by atoms with Crippen LogP contribution in [-0.4, -0.2) is 53.8 Å². The molecule has 0 bridgehead atoms. The lowest BCUT2D eigenvalue weighted by atomic mass is 10.1. The molecule has 2 heterocycles. The van der Waals surface area contributed by atoms with Gasteiger partial charge in [-0.05, 0) is 56.5 Å². The molecule has 1 aromatic carbocycles. The van der Waals surface area contributed by atoms with Crippen LogP contribution in [0.2, 0.25) is 5.02 Å². The van der Waals surface area contributed by atoms with Gasteiger partial charge in [0.1, 0.15) is 18.5 Å². The second-order valence-corrected chi connectivity index (χ2v) is 6.66. The Hall–Kier alpha value is -1.01. The number of hydrogen-bond acceptors (Lipinski definition) is 4. The molecule has 0 aromatic heterocycles. The predicted molar refractivity (Wildman–Crippen MR) is 96.0 cm³/mol. The van der Waals surface area contributed by atoms with Crippen molar-refractivity contribution in [1.82, 2.24) is 10.2 Å². The Morgan fingerprint density at radius 3 is 2.75 bits per heavy atom. The summed E-state index contributed by atoms with van der Waals surface area (Å²) in [6.45, 7) is 1.80. The van der Waals surface area contributed by atoms with Crippen LogP contribution in [0.4, 0.5) is 0 Å². The molecular weight excluding hydrogens is 351 g/mol. The Kier molecular flexibility index (Phi) is 7.16. The van der Waals surface area contributed by atoms with E-state index in [2.05, 4.69) is 5.32 Å². The number of carbonyl (C=O) groups is 1. The van der Waals surface area contributed by atoms with Crippen molar-refractivity contribution in [2.24, 2.45) is 0 Å². The Balaban J connectivity index is 0.00000208. The van der Waals surface area contributed by atoms with E-state index in [9.17, 15) is 9.90 Å². The van der Waals surface area contributed by atoms with E-state index in [1.807, 2.05) is 4.90 Å². The van der Waals surface area contributed by atoms with E-state index in [1.54, 1.807) is 24.3 Å². The first-order chi connectivity index (χ1) is 11.1. The summed E-state index contributed by atoms with van der Waals surface area (Å²) < 4.78 is 5.63. The SMILES string of the molecule is Cl.O=C([C@@H]1CCCN1)N1CCC[C@H]1C(O)COc1ccc(Cl)cc1. The average Bonchev–Trinajstić information content (AvgIpc) is 3.24. The van der Waals surface area contributed by atoms with Gasteiger partial charge in [0.05, 0.1) is 12.1 Å². The van der Waals surface area contributed by atoms with Crippen molar-refractivity contribution in [1.29, 1.82) is 0 Å². The number of carbonyl (C=O) groups excluding carboxylic acids is 1. The zero-order valence-electron chi connectivity index (χ0n) is 13.5. The van der Waals surface area contributed by atoms with Crippen molar-refractivity contribution in [3.63, 3.8) is 0 Å². The third-order valence-electron chi connectivity index (χ3n) is 4.62. The molecule has 134 valence electrons. The molecule has 2 fully saturated rings. The third kappa shape index (κ3) is 4.54. The van der Waals surface area contributed by atoms with Crippen LogP contribution >= 0.6 is 24.0 Å². The Bertz CT molecular complexity index is 535. The number of nitrogens with zero attached hydrogens (tertiary/aromatic N) is 1. The number of aliphatic hydroxyl groups is 1. The van der Waals surface area contributed by atoms with Crippen LogP contribution in [0.15, 0.2) is 24.3 Å². The number of rotatable bonds is 5. The van der Waals surface area contributed by atoms with Crippen LogP contribution in [0.25, 0.3) is 0 Å². The average molecular weight is 375 g/mol. The number of aliphatic hydroxyl groups excluding tert-OH is 1. The van der Waals surface area contributed by atoms with E-state index in [-0.39, 0.29) is 37.0 Å². The Morgan fingerprint density at radius 1 is 1.33 bits per heavy atom. The van der Waals surface area contributed by atoms with Gasteiger partial charge in [-0.2, -0.15) is 0 Å². The molecule has 0 spiro atoms. The van der Waals surface area contributed by atoms with E-state index in [0.717, 1.165) is 38.8 Å². The van der Waals surface area contributed by atoms with Crippen molar-refractivity contribution >= 4 is 29.9 Å². The minimum absolute atomic E-state index is 0. The summed E-state index contributed by atoms with van der Waals surface area (Å²) in [5, 5.41) is 14.3. The molecule has 0 saturated carbocycles. The fourth-order valence-corrected chi connectivity index (χ4v) is 3.51. The molecule has 3 rings (SSSR count). The number of amides is 1. The standard InChI is InChI=1S/C17H23ClN2O3.ClH/c18-12-5-7-13(8-6-12)23-11-16(21)15-4-2-10-20(15)17(22)14-3-1-9-19-14;/h5-8,14-16,19,21H,1-4,9-11H2;1H/t14-,15-,16?;/m0./s1. The van der Waals surface area contributed by atoms with Gasteiger partial charge in [-0.25, -0.2) is 0 Å². The number of nitrogens with one attached hydrogen (secondary N) is 1. The molecule has 7 heteroatoms. The zero-order valence-corrected chi connectivity index (χ0v) is 15.1. The molecule has 1 aromatic rings. The predicted octanol–water partition coefficient (Wildman–Crippen LogP) is 2.24. The maximum atomic E-state index is 12.6. The van der Waals surface area contributed by atoms with Gasteiger partial charge in [0.25, 0.3) is 0 Å². The van der Waals surface area contributed by atoms with Crippen molar-refractivity contribution < 1.29 is 14.6 Å². The molecule has 2 saturated heterocycles. The molecule has 2 aliphatic rings. The highest BCUT2D eigenvalue weighted by molar-refractivity contribution is 6.30. The van der Waals surface area contributed by atoms with E-state index in [1.165, 1.54) is 0 Å². The molecule has 5 nitrogen and oxygen atoms in total. The summed E-state index contributed by atoms with van der Waals surface area (Å²) in [6, 6.07) is 6.81. The lowest BCUT2D eigenvalue weighted by molar-refractivity contribution is -0.136. The fraction of sp³-hybridized carbons (Fsp3) is 0.588. The second-order valence-electron chi connectivity index (χ2n) is 6.22. The first-order valence-electron chi connectivity index (χ1n) is 8.25. The van der Waals surface area contributed by atoms with Gasteiger partial charge in [-0.15, -0.1) is 12.4 Å². The van der Waals surface area contributed by atoms with Crippen molar-refractivity contribution in [2.45, 2.75) is 43.9 Å². The molecule has 3 atom stereocenters. The molecule has 1 unspecified atom stereocenters. The quantitative estimate of drug-likeness (QED) is 0.829. The van der Waals surface area contributed by atoms with Crippen LogP contribution in [0, 0.1) is 0 Å². The fourth-order valence-electron chi connectivity index (χ4n) is 3.39. The number of hydrogen-bond donors (Lipinski definition) is 2. The monoisotopic (exact) mass is 374 g/mol. The van der Waals surface area contributed by atoms with Gasteiger partial charge in [0.15, 0.2) is 0 Å².